The molecule has 3 heteroatoms. The highest BCUT2D eigenvalue weighted by molar-refractivity contribution is 5.70. The molecular formula is C10H20O3. The summed E-state index contributed by atoms with van der Waals surface area (Å²) in [5, 5.41) is 18.3. The van der Waals surface area contributed by atoms with Crippen LogP contribution in [0.2, 0.25) is 0 Å². The summed E-state index contributed by atoms with van der Waals surface area (Å²) < 4.78 is 0. The Bertz CT molecular complexity index is 166. The number of carboxylic acids is 1. The Morgan fingerprint density at radius 1 is 1.23 bits per heavy atom. The second-order valence-corrected chi connectivity index (χ2v) is 4.22. The lowest BCUT2D eigenvalue weighted by atomic mass is 9.87. The van der Waals surface area contributed by atoms with Crippen molar-refractivity contribution in [2.45, 2.75) is 40.2 Å². The van der Waals surface area contributed by atoms with Crippen molar-refractivity contribution < 1.29 is 15.0 Å². The fourth-order valence-electron chi connectivity index (χ4n) is 1.52. The molecule has 0 aliphatic rings. The predicted molar refractivity (Wildman–Crippen MR) is 51.4 cm³/mol. The zero-order chi connectivity index (χ0) is 10.6. The lowest BCUT2D eigenvalue weighted by molar-refractivity contribution is -0.146. The van der Waals surface area contributed by atoms with Gasteiger partial charge in [0.25, 0.3) is 0 Å². The Morgan fingerprint density at radius 2 is 1.69 bits per heavy atom. The summed E-state index contributed by atoms with van der Waals surface area (Å²) in [7, 11) is 0. The van der Waals surface area contributed by atoms with E-state index in [-0.39, 0.29) is 5.92 Å². The van der Waals surface area contributed by atoms with E-state index in [0.717, 1.165) is 6.42 Å². The quantitative estimate of drug-likeness (QED) is 0.691. The fraction of sp³-hybridized carbons (Fsp3) is 0.900. The van der Waals surface area contributed by atoms with Crippen molar-refractivity contribution in [2.24, 2.45) is 17.8 Å². The third-order valence-electron chi connectivity index (χ3n) is 2.33. The Morgan fingerprint density at radius 3 is 2.00 bits per heavy atom. The maximum absolute atomic E-state index is 10.6. The molecule has 0 spiro atoms. The van der Waals surface area contributed by atoms with Crippen molar-refractivity contribution in [1.29, 1.82) is 0 Å². The maximum atomic E-state index is 10.6. The van der Waals surface area contributed by atoms with Crippen molar-refractivity contribution in [1.82, 2.24) is 0 Å². The summed E-state index contributed by atoms with van der Waals surface area (Å²) in [6.45, 7) is 7.57. The molecule has 0 aliphatic heterocycles. The predicted octanol–water partition coefficient (Wildman–Crippen LogP) is 1.75. The first-order valence-electron chi connectivity index (χ1n) is 4.77. The van der Waals surface area contributed by atoms with Gasteiger partial charge < -0.3 is 10.2 Å². The Labute approximate surface area is 79.8 Å². The van der Waals surface area contributed by atoms with Crippen LogP contribution in [-0.2, 0) is 4.79 Å². The van der Waals surface area contributed by atoms with E-state index in [1.165, 1.54) is 0 Å². The van der Waals surface area contributed by atoms with Gasteiger partial charge in [0.05, 0.1) is 12.0 Å². The van der Waals surface area contributed by atoms with Gasteiger partial charge in [0, 0.05) is 0 Å². The van der Waals surface area contributed by atoms with E-state index < -0.39 is 18.0 Å². The molecule has 2 N–H and O–H groups in total. The summed E-state index contributed by atoms with van der Waals surface area (Å²) in [5.41, 5.74) is 0. The summed E-state index contributed by atoms with van der Waals surface area (Å²) in [5.74, 6) is -1.06. The molecule has 0 unspecified atom stereocenters. The van der Waals surface area contributed by atoms with Crippen LogP contribution in [0.15, 0.2) is 0 Å². The highest BCUT2D eigenvalue weighted by atomic mass is 16.4. The molecule has 0 heterocycles. The van der Waals surface area contributed by atoms with Gasteiger partial charge in [-0.25, -0.2) is 0 Å². The van der Waals surface area contributed by atoms with E-state index in [0.29, 0.717) is 5.92 Å². The second-order valence-electron chi connectivity index (χ2n) is 4.22. The van der Waals surface area contributed by atoms with Crippen LogP contribution in [0.3, 0.4) is 0 Å². The van der Waals surface area contributed by atoms with Crippen LogP contribution in [0.25, 0.3) is 0 Å². The summed E-state index contributed by atoms with van der Waals surface area (Å²) in [6.07, 6.45) is 0.124. The Balaban J connectivity index is 4.08. The van der Waals surface area contributed by atoms with Crippen LogP contribution in [0.1, 0.15) is 34.1 Å². The topological polar surface area (TPSA) is 57.5 Å². The number of hydrogen-bond acceptors (Lipinski definition) is 2. The van der Waals surface area contributed by atoms with Gasteiger partial charge in [-0.05, 0) is 25.2 Å². The first-order valence-corrected chi connectivity index (χ1v) is 4.77. The van der Waals surface area contributed by atoms with Gasteiger partial charge >= 0.3 is 5.97 Å². The highest BCUT2D eigenvalue weighted by Crippen LogP contribution is 2.20. The molecule has 0 bridgehead atoms. The van der Waals surface area contributed by atoms with Crippen LogP contribution >= 0.6 is 0 Å². The van der Waals surface area contributed by atoms with Gasteiger partial charge in [0.15, 0.2) is 0 Å². The van der Waals surface area contributed by atoms with Gasteiger partial charge in [-0.1, -0.05) is 20.8 Å². The number of aliphatic hydroxyl groups is 1. The van der Waals surface area contributed by atoms with Crippen LogP contribution in [0.5, 0.6) is 0 Å². The van der Waals surface area contributed by atoms with E-state index in [1.807, 2.05) is 6.92 Å². The number of aliphatic carboxylic acids is 1. The first-order chi connectivity index (χ1) is 5.86. The second kappa shape index (κ2) is 5.22. The molecule has 0 aromatic rings. The smallest absolute Gasteiger partial charge is 0.308 e. The minimum absolute atomic E-state index is 0.0473. The molecule has 0 rings (SSSR count). The number of hydrogen-bond donors (Lipinski definition) is 2. The lowest BCUT2D eigenvalue weighted by Crippen LogP contribution is -2.31. The van der Waals surface area contributed by atoms with Gasteiger partial charge in [0.1, 0.15) is 0 Å². The molecule has 0 amide bonds. The maximum Gasteiger partial charge on any atom is 0.308 e. The monoisotopic (exact) mass is 188 g/mol. The van der Waals surface area contributed by atoms with Crippen LogP contribution in [0, 0.1) is 17.8 Å². The molecule has 0 aromatic carbocycles. The fourth-order valence-corrected chi connectivity index (χ4v) is 1.52. The SMILES string of the molecule is CC(C)C[C@H](C)[C@@H](O)[C@H](C)C(=O)O. The van der Waals surface area contributed by atoms with E-state index in [9.17, 15) is 9.90 Å². The summed E-state index contributed by atoms with van der Waals surface area (Å²) in [6, 6.07) is 0. The summed E-state index contributed by atoms with van der Waals surface area (Å²) in [4.78, 5) is 10.6. The van der Waals surface area contributed by atoms with Gasteiger partial charge in [0.2, 0.25) is 0 Å². The molecule has 0 radical (unpaired) electrons. The van der Waals surface area contributed by atoms with Gasteiger partial charge in [-0.15, -0.1) is 0 Å². The minimum Gasteiger partial charge on any atom is -0.481 e. The van der Waals surface area contributed by atoms with Crippen molar-refractivity contribution in [3.63, 3.8) is 0 Å². The molecule has 0 fully saturated rings. The third kappa shape index (κ3) is 4.27. The van der Waals surface area contributed by atoms with Crippen molar-refractivity contribution in [3.05, 3.63) is 0 Å². The highest BCUT2D eigenvalue weighted by Gasteiger charge is 2.26. The average Bonchev–Trinajstić information content (AvgIpc) is 2.00. The molecule has 78 valence electrons. The number of aliphatic hydroxyl groups excluding tert-OH is 1. The van der Waals surface area contributed by atoms with Crippen LogP contribution < -0.4 is 0 Å². The van der Waals surface area contributed by atoms with E-state index in [2.05, 4.69) is 13.8 Å². The minimum atomic E-state index is -0.928. The lowest BCUT2D eigenvalue weighted by Gasteiger charge is -2.23. The normalized spacial score (nSPS) is 18.3. The molecule has 3 atom stereocenters. The third-order valence-corrected chi connectivity index (χ3v) is 2.33. The van der Waals surface area contributed by atoms with Crippen LogP contribution in [-0.4, -0.2) is 22.3 Å². The first kappa shape index (κ1) is 12.4. The molecule has 3 nitrogen and oxygen atoms in total. The largest absolute Gasteiger partial charge is 0.481 e. The number of carbonyl (C=O) groups is 1. The number of carboxylic acid groups (broad SMARTS) is 1. The summed E-state index contributed by atoms with van der Waals surface area (Å²) >= 11 is 0. The Hall–Kier alpha value is -0.570. The average molecular weight is 188 g/mol. The van der Waals surface area contributed by atoms with Gasteiger partial charge in [-0.3, -0.25) is 4.79 Å². The number of rotatable bonds is 5. The molecule has 0 saturated heterocycles. The molecular weight excluding hydrogens is 168 g/mol. The van der Waals surface area contributed by atoms with E-state index in [1.54, 1.807) is 6.92 Å². The zero-order valence-corrected chi connectivity index (χ0v) is 8.82. The van der Waals surface area contributed by atoms with Crippen molar-refractivity contribution >= 4 is 5.97 Å². The van der Waals surface area contributed by atoms with Crippen molar-refractivity contribution in [2.75, 3.05) is 0 Å². The molecule has 13 heavy (non-hydrogen) atoms. The van der Waals surface area contributed by atoms with E-state index in [4.69, 9.17) is 5.11 Å². The molecule has 0 aliphatic carbocycles. The van der Waals surface area contributed by atoms with E-state index >= 15 is 0 Å². The van der Waals surface area contributed by atoms with Crippen molar-refractivity contribution in [3.8, 4) is 0 Å². The van der Waals surface area contributed by atoms with Crippen LogP contribution in [0.4, 0.5) is 0 Å². The van der Waals surface area contributed by atoms with Gasteiger partial charge in [-0.2, -0.15) is 0 Å². The zero-order valence-electron chi connectivity index (χ0n) is 8.82. The molecule has 0 saturated carbocycles. The standard InChI is InChI=1S/C10H20O3/c1-6(2)5-7(3)9(11)8(4)10(12)13/h6-9,11H,5H2,1-4H3,(H,12,13)/t7-,8-,9+/m0/s1. The Kier molecular flexibility index (Phi) is 4.99. The molecule has 0 aromatic heterocycles.